The van der Waals surface area contributed by atoms with E-state index in [-0.39, 0.29) is 23.4 Å². The minimum absolute atomic E-state index is 0.0122. The average Bonchev–Trinajstić information content (AvgIpc) is 2.78. The summed E-state index contributed by atoms with van der Waals surface area (Å²) < 4.78 is 1.72. The molecule has 0 aromatic carbocycles. The van der Waals surface area contributed by atoms with Crippen LogP contribution in [0.1, 0.15) is 37.8 Å². The van der Waals surface area contributed by atoms with Crippen LogP contribution >= 0.6 is 11.3 Å². The zero-order valence-electron chi connectivity index (χ0n) is 11.9. The van der Waals surface area contributed by atoms with E-state index in [1.165, 1.54) is 11.3 Å². The molecule has 2 heterocycles. The van der Waals surface area contributed by atoms with Crippen molar-refractivity contribution >= 4 is 17.2 Å². The maximum Gasteiger partial charge on any atom is 0.307 e. The Balaban J connectivity index is 1.84. The van der Waals surface area contributed by atoms with Crippen molar-refractivity contribution in [2.24, 2.45) is 0 Å². The van der Waals surface area contributed by atoms with Gasteiger partial charge in [-0.25, -0.2) is 0 Å². The molecule has 1 amide bonds. The molecule has 6 heteroatoms. The standard InChI is InChI=1S/C14H22N2O3S/c1-11-10-20-14(19)15(11)8-4-6-13(18)16-7-3-2-5-12(16)9-17/h10,12,17H,2-9H2,1H3. The lowest BCUT2D eigenvalue weighted by atomic mass is 10.0. The van der Waals surface area contributed by atoms with Gasteiger partial charge in [-0.3, -0.25) is 9.59 Å². The van der Waals surface area contributed by atoms with Gasteiger partial charge in [0.05, 0.1) is 12.6 Å². The number of aryl methyl sites for hydroxylation is 1. The van der Waals surface area contributed by atoms with Crippen LogP contribution in [-0.4, -0.2) is 39.7 Å². The third-order valence-corrected chi connectivity index (χ3v) is 4.79. The van der Waals surface area contributed by atoms with Crippen LogP contribution in [0.2, 0.25) is 0 Å². The molecule has 5 nitrogen and oxygen atoms in total. The third-order valence-electron chi connectivity index (χ3n) is 3.91. The van der Waals surface area contributed by atoms with Gasteiger partial charge in [-0.15, -0.1) is 0 Å². The number of likely N-dealkylation sites (tertiary alicyclic amines) is 1. The van der Waals surface area contributed by atoms with Crippen LogP contribution in [0.4, 0.5) is 0 Å². The molecule has 0 spiro atoms. The van der Waals surface area contributed by atoms with Crippen molar-refractivity contribution in [3.05, 3.63) is 20.7 Å². The van der Waals surface area contributed by atoms with Crippen molar-refractivity contribution < 1.29 is 9.90 Å². The number of aliphatic hydroxyl groups is 1. The summed E-state index contributed by atoms with van der Waals surface area (Å²) in [6.45, 7) is 3.31. The van der Waals surface area contributed by atoms with Gasteiger partial charge in [-0.2, -0.15) is 0 Å². The largest absolute Gasteiger partial charge is 0.394 e. The number of amides is 1. The van der Waals surface area contributed by atoms with E-state index in [2.05, 4.69) is 0 Å². The van der Waals surface area contributed by atoms with Gasteiger partial charge in [0.1, 0.15) is 0 Å². The quantitative estimate of drug-likeness (QED) is 0.893. The third kappa shape index (κ3) is 3.49. The van der Waals surface area contributed by atoms with Crippen LogP contribution in [0.5, 0.6) is 0 Å². The Hall–Kier alpha value is -1.14. The van der Waals surface area contributed by atoms with Gasteiger partial charge in [0, 0.05) is 30.6 Å². The van der Waals surface area contributed by atoms with Gasteiger partial charge < -0.3 is 14.6 Å². The molecule has 1 unspecified atom stereocenters. The average molecular weight is 298 g/mol. The second kappa shape index (κ2) is 7.04. The Kier molecular flexibility index (Phi) is 5.37. The molecule has 1 aromatic heterocycles. The van der Waals surface area contributed by atoms with Gasteiger partial charge >= 0.3 is 4.87 Å². The minimum atomic E-state index is -0.0122. The molecule has 1 aliphatic rings. The highest BCUT2D eigenvalue weighted by Gasteiger charge is 2.25. The Bertz CT molecular complexity index is 509. The topological polar surface area (TPSA) is 62.5 Å². The Morgan fingerprint density at radius 3 is 2.95 bits per heavy atom. The molecule has 1 atom stereocenters. The van der Waals surface area contributed by atoms with E-state index in [0.29, 0.717) is 19.4 Å². The predicted molar refractivity (Wildman–Crippen MR) is 79.0 cm³/mol. The number of piperidine rings is 1. The van der Waals surface area contributed by atoms with Crippen LogP contribution in [0.15, 0.2) is 10.2 Å². The highest BCUT2D eigenvalue weighted by Crippen LogP contribution is 2.18. The van der Waals surface area contributed by atoms with Crippen molar-refractivity contribution in [1.82, 2.24) is 9.47 Å². The van der Waals surface area contributed by atoms with Crippen LogP contribution < -0.4 is 4.87 Å². The molecule has 1 aliphatic heterocycles. The fourth-order valence-electron chi connectivity index (χ4n) is 2.73. The van der Waals surface area contributed by atoms with Crippen LogP contribution in [0.25, 0.3) is 0 Å². The first-order chi connectivity index (χ1) is 9.63. The summed E-state index contributed by atoms with van der Waals surface area (Å²) in [5.74, 6) is 0.102. The van der Waals surface area contributed by atoms with E-state index < -0.39 is 0 Å². The summed E-state index contributed by atoms with van der Waals surface area (Å²) in [7, 11) is 0. The number of aromatic nitrogens is 1. The number of nitrogens with zero attached hydrogens (tertiary/aromatic N) is 2. The first kappa shape index (κ1) is 15.3. The second-order valence-corrected chi connectivity index (χ2v) is 6.14. The first-order valence-electron chi connectivity index (χ1n) is 7.18. The molecule has 2 rings (SSSR count). The number of thiazole rings is 1. The molecular formula is C14H22N2O3S. The highest BCUT2D eigenvalue weighted by molar-refractivity contribution is 7.07. The number of carbonyl (C=O) groups excluding carboxylic acids is 1. The molecule has 1 aromatic rings. The molecule has 20 heavy (non-hydrogen) atoms. The first-order valence-corrected chi connectivity index (χ1v) is 8.06. The molecule has 0 saturated carbocycles. The molecule has 0 bridgehead atoms. The molecule has 1 saturated heterocycles. The molecule has 1 fully saturated rings. The lowest BCUT2D eigenvalue weighted by Crippen LogP contribution is -2.45. The van der Waals surface area contributed by atoms with Crippen LogP contribution in [0.3, 0.4) is 0 Å². The zero-order valence-corrected chi connectivity index (χ0v) is 12.7. The number of carbonyl (C=O) groups is 1. The Morgan fingerprint density at radius 2 is 2.30 bits per heavy atom. The van der Waals surface area contributed by atoms with Gasteiger partial charge in [0.15, 0.2) is 0 Å². The van der Waals surface area contributed by atoms with Crippen LogP contribution in [0, 0.1) is 6.92 Å². The minimum Gasteiger partial charge on any atom is -0.394 e. The molecule has 0 radical (unpaired) electrons. The number of hydrogen-bond donors (Lipinski definition) is 1. The zero-order chi connectivity index (χ0) is 14.5. The molecule has 1 N–H and O–H groups in total. The van der Waals surface area contributed by atoms with E-state index in [1.807, 2.05) is 17.2 Å². The van der Waals surface area contributed by atoms with E-state index in [1.54, 1.807) is 4.57 Å². The summed E-state index contributed by atoms with van der Waals surface area (Å²) in [6.07, 6.45) is 4.11. The fraction of sp³-hybridized carbons (Fsp3) is 0.714. The number of aliphatic hydroxyl groups excluding tert-OH is 1. The van der Waals surface area contributed by atoms with Crippen molar-refractivity contribution in [2.45, 2.75) is 51.6 Å². The van der Waals surface area contributed by atoms with E-state index in [0.717, 1.165) is 31.5 Å². The summed E-state index contributed by atoms with van der Waals surface area (Å²) in [4.78, 5) is 25.6. The number of rotatable bonds is 5. The van der Waals surface area contributed by atoms with Gasteiger partial charge in [-0.1, -0.05) is 11.3 Å². The van der Waals surface area contributed by atoms with E-state index in [4.69, 9.17) is 0 Å². The summed E-state index contributed by atoms with van der Waals surface area (Å²) in [6, 6.07) is -0.0122. The lowest BCUT2D eigenvalue weighted by molar-refractivity contribution is -0.136. The predicted octanol–water partition coefficient (Wildman–Crippen LogP) is 1.37. The van der Waals surface area contributed by atoms with Gasteiger partial charge in [0.25, 0.3) is 0 Å². The van der Waals surface area contributed by atoms with Gasteiger partial charge in [0.2, 0.25) is 5.91 Å². The molecule has 112 valence electrons. The SMILES string of the molecule is Cc1csc(=O)n1CCCC(=O)N1CCCCC1CO. The number of hydrogen-bond acceptors (Lipinski definition) is 4. The Labute approximate surface area is 122 Å². The fourth-order valence-corrected chi connectivity index (χ4v) is 3.49. The van der Waals surface area contributed by atoms with Crippen molar-refractivity contribution in [2.75, 3.05) is 13.2 Å². The Morgan fingerprint density at radius 1 is 1.50 bits per heavy atom. The second-order valence-electron chi connectivity index (χ2n) is 5.32. The maximum atomic E-state index is 12.2. The van der Waals surface area contributed by atoms with Gasteiger partial charge in [-0.05, 0) is 32.6 Å². The van der Waals surface area contributed by atoms with Crippen molar-refractivity contribution in [3.8, 4) is 0 Å². The normalized spacial score (nSPS) is 19.3. The van der Waals surface area contributed by atoms with E-state index >= 15 is 0 Å². The summed E-state index contributed by atoms with van der Waals surface area (Å²) in [5.41, 5.74) is 0.957. The monoisotopic (exact) mass is 298 g/mol. The maximum absolute atomic E-state index is 12.2. The highest BCUT2D eigenvalue weighted by atomic mass is 32.1. The van der Waals surface area contributed by atoms with Crippen molar-refractivity contribution in [1.29, 1.82) is 0 Å². The van der Waals surface area contributed by atoms with E-state index in [9.17, 15) is 14.7 Å². The summed E-state index contributed by atoms with van der Waals surface area (Å²) in [5, 5.41) is 11.2. The summed E-state index contributed by atoms with van der Waals surface area (Å²) >= 11 is 1.20. The molecular weight excluding hydrogens is 276 g/mol. The molecule has 0 aliphatic carbocycles. The van der Waals surface area contributed by atoms with Crippen LogP contribution in [-0.2, 0) is 11.3 Å². The smallest absolute Gasteiger partial charge is 0.307 e. The lowest BCUT2D eigenvalue weighted by Gasteiger charge is -2.34. The van der Waals surface area contributed by atoms with Crippen molar-refractivity contribution in [3.63, 3.8) is 0 Å².